The summed E-state index contributed by atoms with van der Waals surface area (Å²) in [5.74, 6) is 1.23. The van der Waals surface area contributed by atoms with Crippen molar-refractivity contribution in [3.8, 4) is 11.5 Å². The number of carbonyl (C=O) groups is 2. The van der Waals surface area contributed by atoms with Gasteiger partial charge in [0.15, 0.2) is 11.5 Å². The van der Waals surface area contributed by atoms with Crippen LogP contribution in [0.15, 0.2) is 18.2 Å². The van der Waals surface area contributed by atoms with E-state index in [1.807, 2.05) is 30.1 Å². The van der Waals surface area contributed by atoms with E-state index < -0.39 is 6.03 Å². The number of nitrogens with zero attached hydrogens (tertiary/aromatic N) is 1. The van der Waals surface area contributed by atoms with Crippen LogP contribution in [0, 0.1) is 0 Å². The van der Waals surface area contributed by atoms with Crippen molar-refractivity contribution in [2.75, 3.05) is 33.9 Å². The molecular formula is C15H21N3O4. The lowest BCUT2D eigenvalue weighted by Crippen LogP contribution is -2.38. The minimum Gasteiger partial charge on any atom is -0.486 e. The van der Waals surface area contributed by atoms with Crippen molar-refractivity contribution in [3.63, 3.8) is 0 Å². The molecule has 1 aromatic carbocycles. The van der Waals surface area contributed by atoms with Crippen molar-refractivity contribution < 1.29 is 19.1 Å². The number of carbonyl (C=O) groups excluding carboxylic acids is 2. The largest absolute Gasteiger partial charge is 0.486 e. The summed E-state index contributed by atoms with van der Waals surface area (Å²) in [6.45, 7) is 2.37. The summed E-state index contributed by atoms with van der Waals surface area (Å²) in [5, 5.41) is 4.58. The van der Waals surface area contributed by atoms with Crippen LogP contribution in [0.2, 0.25) is 0 Å². The molecule has 1 aliphatic heterocycles. The lowest BCUT2D eigenvalue weighted by Gasteiger charge is -2.21. The Kier molecular flexibility index (Phi) is 5.60. The van der Waals surface area contributed by atoms with Crippen molar-refractivity contribution in [2.24, 2.45) is 0 Å². The predicted octanol–water partition coefficient (Wildman–Crippen LogP) is 0.735. The fourth-order valence-corrected chi connectivity index (χ4v) is 2.12. The lowest BCUT2D eigenvalue weighted by atomic mass is 10.2. The molecule has 3 amide bonds. The molecule has 0 aromatic heterocycles. The van der Waals surface area contributed by atoms with Crippen LogP contribution in [0.4, 0.5) is 4.79 Å². The van der Waals surface area contributed by atoms with Gasteiger partial charge in [0.05, 0.1) is 0 Å². The minimum atomic E-state index is -0.487. The van der Waals surface area contributed by atoms with Gasteiger partial charge in [-0.1, -0.05) is 6.07 Å². The molecule has 0 saturated carbocycles. The number of imide groups is 1. The van der Waals surface area contributed by atoms with Gasteiger partial charge in [-0.3, -0.25) is 10.1 Å². The monoisotopic (exact) mass is 307 g/mol. The zero-order valence-electron chi connectivity index (χ0n) is 12.8. The maximum Gasteiger partial charge on any atom is 0.321 e. The first-order valence-electron chi connectivity index (χ1n) is 7.17. The van der Waals surface area contributed by atoms with E-state index in [1.165, 1.54) is 7.05 Å². The number of nitrogens with one attached hydrogen (secondary N) is 2. The molecule has 0 unspecified atom stereocenters. The highest BCUT2D eigenvalue weighted by atomic mass is 16.6. The Morgan fingerprint density at radius 2 is 1.95 bits per heavy atom. The Labute approximate surface area is 129 Å². The van der Waals surface area contributed by atoms with Gasteiger partial charge in [-0.25, -0.2) is 4.79 Å². The Morgan fingerprint density at radius 1 is 1.23 bits per heavy atom. The number of benzene rings is 1. The third-order valence-electron chi connectivity index (χ3n) is 3.26. The summed E-state index contributed by atoms with van der Waals surface area (Å²) in [6.07, 6.45) is 0.258. The topological polar surface area (TPSA) is 79.9 Å². The Balaban J connectivity index is 1.80. The van der Waals surface area contributed by atoms with Crippen LogP contribution >= 0.6 is 0 Å². The highest BCUT2D eigenvalue weighted by Gasteiger charge is 2.13. The normalized spacial score (nSPS) is 12.9. The van der Waals surface area contributed by atoms with E-state index in [0.29, 0.717) is 26.3 Å². The van der Waals surface area contributed by atoms with E-state index in [-0.39, 0.29) is 12.3 Å². The van der Waals surface area contributed by atoms with Crippen molar-refractivity contribution in [1.82, 2.24) is 15.5 Å². The van der Waals surface area contributed by atoms with Crippen LogP contribution in [0.3, 0.4) is 0 Å². The van der Waals surface area contributed by atoms with E-state index in [9.17, 15) is 9.59 Å². The first-order chi connectivity index (χ1) is 10.6. The molecule has 1 heterocycles. The molecule has 1 aliphatic rings. The number of amides is 3. The van der Waals surface area contributed by atoms with Gasteiger partial charge in [-0.15, -0.1) is 0 Å². The van der Waals surface area contributed by atoms with Gasteiger partial charge in [0.2, 0.25) is 5.91 Å². The second-order valence-electron chi connectivity index (χ2n) is 5.09. The minimum absolute atomic E-state index is 0.258. The molecule has 0 spiro atoms. The predicted molar refractivity (Wildman–Crippen MR) is 81.0 cm³/mol. The number of rotatable bonds is 5. The van der Waals surface area contributed by atoms with Crippen molar-refractivity contribution in [1.29, 1.82) is 0 Å². The Hall–Kier alpha value is -2.28. The lowest BCUT2D eigenvalue weighted by molar-refractivity contribution is -0.120. The molecule has 1 aromatic rings. The van der Waals surface area contributed by atoms with Gasteiger partial charge >= 0.3 is 6.03 Å². The van der Waals surface area contributed by atoms with E-state index in [2.05, 4.69) is 10.6 Å². The van der Waals surface area contributed by atoms with Crippen LogP contribution < -0.4 is 20.1 Å². The fraction of sp³-hybridized carbons (Fsp3) is 0.467. The molecule has 120 valence electrons. The van der Waals surface area contributed by atoms with Crippen LogP contribution in [0.25, 0.3) is 0 Å². The molecule has 2 rings (SSSR count). The first-order valence-corrected chi connectivity index (χ1v) is 7.17. The summed E-state index contributed by atoms with van der Waals surface area (Å²) in [7, 11) is 3.39. The summed E-state index contributed by atoms with van der Waals surface area (Å²) in [5.41, 5.74) is 1.08. The van der Waals surface area contributed by atoms with E-state index in [0.717, 1.165) is 17.1 Å². The molecule has 0 aliphatic carbocycles. The van der Waals surface area contributed by atoms with Crippen molar-refractivity contribution >= 4 is 11.9 Å². The van der Waals surface area contributed by atoms with E-state index in [4.69, 9.17) is 9.47 Å². The van der Waals surface area contributed by atoms with Crippen LogP contribution in [0.1, 0.15) is 12.0 Å². The molecule has 0 bridgehead atoms. The van der Waals surface area contributed by atoms with Gasteiger partial charge in [-0.2, -0.15) is 0 Å². The Bertz CT molecular complexity index is 548. The molecule has 7 heteroatoms. The second-order valence-corrected chi connectivity index (χ2v) is 5.09. The van der Waals surface area contributed by atoms with E-state index in [1.54, 1.807) is 0 Å². The summed E-state index contributed by atoms with van der Waals surface area (Å²) < 4.78 is 11.0. The fourth-order valence-electron chi connectivity index (χ4n) is 2.12. The van der Waals surface area contributed by atoms with Crippen LogP contribution in [0.5, 0.6) is 11.5 Å². The quantitative estimate of drug-likeness (QED) is 0.838. The van der Waals surface area contributed by atoms with Gasteiger partial charge in [0.1, 0.15) is 13.2 Å². The maximum absolute atomic E-state index is 11.5. The standard InChI is InChI=1S/C15H21N3O4/c1-16-15(20)17-14(19)5-6-18(2)10-11-3-4-12-13(9-11)22-8-7-21-12/h3-4,9H,5-8,10H2,1-2H3,(H2,16,17,19,20). The average molecular weight is 307 g/mol. The summed E-state index contributed by atoms with van der Waals surface area (Å²) >= 11 is 0. The zero-order chi connectivity index (χ0) is 15.9. The number of hydrogen-bond donors (Lipinski definition) is 2. The smallest absolute Gasteiger partial charge is 0.321 e. The number of urea groups is 1. The number of hydrogen-bond acceptors (Lipinski definition) is 5. The highest BCUT2D eigenvalue weighted by molar-refractivity contribution is 5.94. The Morgan fingerprint density at radius 3 is 2.68 bits per heavy atom. The van der Waals surface area contributed by atoms with Gasteiger partial charge in [0.25, 0.3) is 0 Å². The van der Waals surface area contributed by atoms with Gasteiger partial charge in [-0.05, 0) is 24.7 Å². The molecule has 7 nitrogen and oxygen atoms in total. The van der Waals surface area contributed by atoms with Crippen molar-refractivity contribution in [2.45, 2.75) is 13.0 Å². The third-order valence-corrected chi connectivity index (χ3v) is 3.26. The van der Waals surface area contributed by atoms with Crippen LogP contribution in [-0.2, 0) is 11.3 Å². The molecule has 22 heavy (non-hydrogen) atoms. The molecule has 0 atom stereocenters. The average Bonchev–Trinajstić information content (AvgIpc) is 2.52. The van der Waals surface area contributed by atoms with E-state index >= 15 is 0 Å². The summed E-state index contributed by atoms with van der Waals surface area (Å²) in [6, 6.07) is 5.35. The number of fused-ring (bicyclic) bond motifs is 1. The number of ether oxygens (including phenoxy) is 2. The molecule has 2 N–H and O–H groups in total. The van der Waals surface area contributed by atoms with Gasteiger partial charge in [0, 0.05) is 26.6 Å². The molecule has 0 fully saturated rings. The second kappa shape index (κ2) is 7.65. The highest BCUT2D eigenvalue weighted by Crippen LogP contribution is 2.30. The zero-order valence-corrected chi connectivity index (χ0v) is 12.8. The van der Waals surface area contributed by atoms with Gasteiger partial charge < -0.3 is 19.7 Å². The molecule has 0 radical (unpaired) electrons. The summed E-state index contributed by atoms with van der Waals surface area (Å²) in [4.78, 5) is 24.5. The first kappa shape index (κ1) is 16.1. The SMILES string of the molecule is CNC(=O)NC(=O)CCN(C)Cc1ccc2c(c1)OCCO2. The third kappa shape index (κ3) is 4.63. The maximum atomic E-state index is 11.5. The molecular weight excluding hydrogens is 286 g/mol. The van der Waals surface area contributed by atoms with Crippen LogP contribution in [-0.4, -0.2) is 50.7 Å². The molecule has 0 saturated heterocycles. The van der Waals surface area contributed by atoms with Crippen molar-refractivity contribution in [3.05, 3.63) is 23.8 Å².